The van der Waals surface area contributed by atoms with Crippen LogP contribution in [0.2, 0.25) is 5.02 Å². The molecule has 0 aliphatic heterocycles. The van der Waals surface area contributed by atoms with Crippen LogP contribution in [0.15, 0.2) is 84.0 Å². The van der Waals surface area contributed by atoms with E-state index in [9.17, 15) is 4.39 Å². The fourth-order valence-corrected chi connectivity index (χ4v) is 3.84. The summed E-state index contributed by atoms with van der Waals surface area (Å²) in [5, 5.41) is 10.2. The molecule has 3 aromatic carbocycles. The Kier molecular flexibility index (Phi) is 5.23. The van der Waals surface area contributed by atoms with E-state index in [0.717, 1.165) is 27.8 Å². The average molecular weight is 396 g/mol. The Bertz CT molecular complexity index is 1050. The van der Waals surface area contributed by atoms with Crippen LogP contribution >= 0.6 is 23.4 Å². The van der Waals surface area contributed by atoms with Crippen LogP contribution in [-0.4, -0.2) is 14.8 Å². The highest BCUT2D eigenvalue weighted by molar-refractivity contribution is 7.98. The van der Waals surface area contributed by atoms with E-state index in [1.165, 1.54) is 12.1 Å². The fraction of sp³-hybridized carbons (Fsp3) is 0.0476. The first kappa shape index (κ1) is 17.8. The van der Waals surface area contributed by atoms with Gasteiger partial charge in [-0.15, -0.1) is 10.2 Å². The van der Waals surface area contributed by atoms with Crippen LogP contribution in [0.4, 0.5) is 4.39 Å². The zero-order valence-electron chi connectivity index (χ0n) is 14.2. The molecule has 4 rings (SSSR count). The van der Waals surface area contributed by atoms with Crippen LogP contribution in [0.25, 0.3) is 17.1 Å². The van der Waals surface area contributed by atoms with Crippen molar-refractivity contribution in [1.29, 1.82) is 0 Å². The molecular formula is C21H15ClFN3S. The predicted molar refractivity (Wildman–Crippen MR) is 108 cm³/mol. The van der Waals surface area contributed by atoms with Crippen LogP contribution in [0.3, 0.4) is 0 Å². The van der Waals surface area contributed by atoms with E-state index >= 15 is 0 Å². The number of thioether (sulfide) groups is 1. The molecule has 1 aromatic heterocycles. The summed E-state index contributed by atoms with van der Waals surface area (Å²) < 4.78 is 15.3. The van der Waals surface area contributed by atoms with E-state index in [4.69, 9.17) is 11.6 Å². The van der Waals surface area contributed by atoms with E-state index in [2.05, 4.69) is 10.2 Å². The molecule has 3 nitrogen and oxygen atoms in total. The van der Waals surface area contributed by atoms with Crippen molar-refractivity contribution in [3.63, 3.8) is 0 Å². The molecule has 0 fully saturated rings. The second-order valence-corrected chi connectivity index (χ2v) is 7.28. The van der Waals surface area contributed by atoms with E-state index < -0.39 is 0 Å². The van der Waals surface area contributed by atoms with Gasteiger partial charge in [0.2, 0.25) is 0 Å². The lowest BCUT2D eigenvalue weighted by atomic mass is 10.2. The Balaban J connectivity index is 1.73. The molecule has 27 heavy (non-hydrogen) atoms. The van der Waals surface area contributed by atoms with Crippen LogP contribution < -0.4 is 0 Å². The first-order valence-electron chi connectivity index (χ1n) is 8.35. The Morgan fingerprint density at radius 3 is 2.41 bits per heavy atom. The average Bonchev–Trinajstić information content (AvgIpc) is 3.12. The number of rotatable bonds is 5. The smallest absolute Gasteiger partial charge is 0.196 e. The number of benzene rings is 3. The van der Waals surface area contributed by atoms with Crippen molar-refractivity contribution in [1.82, 2.24) is 14.8 Å². The van der Waals surface area contributed by atoms with E-state index in [1.807, 2.05) is 59.2 Å². The normalized spacial score (nSPS) is 10.9. The standard InChI is InChI=1S/C21H15ClFN3S/c22-17-8-4-5-15(13-17)14-27-21-25-24-20(16-6-2-1-3-7-16)26(21)19-11-9-18(23)10-12-19/h1-13H,14H2. The van der Waals surface area contributed by atoms with Crippen molar-refractivity contribution >= 4 is 23.4 Å². The largest absolute Gasteiger partial charge is 0.270 e. The highest BCUT2D eigenvalue weighted by Gasteiger charge is 2.16. The van der Waals surface area contributed by atoms with E-state index in [0.29, 0.717) is 10.8 Å². The lowest BCUT2D eigenvalue weighted by Gasteiger charge is -2.10. The van der Waals surface area contributed by atoms with Gasteiger partial charge in [-0.2, -0.15) is 0 Å². The third-order valence-electron chi connectivity index (χ3n) is 4.01. The fourth-order valence-electron chi connectivity index (χ4n) is 2.74. The predicted octanol–water partition coefficient (Wildman–Crippen LogP) is 6.02. The zero-order chi connectivity index (χ0) is 18.6. The van der Waals surface area contributed by atoms with Crippen LogP contribution in [0.1, 0.15) is 5.56 Å². The maximum absolute atomic E-state index is 13.4. The van der Waals surface area contributed by atoms with E-state index in [1.54, 1.807) is 23.9 Å². The van der Waals surface area contributed by atoms with Gasteiger partial charge in [0.1, 0.15) is 5.82 Å². The summed E-state index contributed by atoms with van der Waals surface area (Å²) in [6.07, 6.45) is 0. The number of nitrogens with zero attached hydrogens (tertiary/aromatic N) is 3. The molecule has 0 bridgehead atoms. The van der Waals surface area contributed by atoms with Crippen molar-refractivity contribution in [3.8, 4) is 17.1 Å². The van der Waals surface area contributed by atoms with Gasteiger partial charge in [-0.25, -0.2) is 4.39 Å². The molecule has 1 heterocycles. The third kappa shape index (κ3) is 4.04. The molecule has 0 saturated heterocycles. The number of aromatic nitrogens is 3. The summed E-state index contributed by atoms with van der Waals surface area (Å²) in [6.45, 7) is 0. The molecule has 134 valence electrons. The topological polar surface area (TPSA) is 30.7 Å². The maximum atomic E-state index is 13.4. The Morgan fingerprint density at radius 2 is 1.67 bits per heavy atom. The van der Waals surface area contributed by atoms with Gasteiger partial charge in [-0.3, -0.25) is 4.57 Å². The highest BCUT2D eigenvalue weighted by atomic mass is 35.5. The molecule has 0 aliphatic rings. The first-order chi connectivity index (χ1) is 13.2. The summed E-state index contributed by atoms with van der Waals surface area (Å²) >= 11 is 7.64. The lowest BCUT2D eigenvalue weighted by Crippen LogP contribution is -2.00. The Labute approximate surface area is 165 Å². The molecule has 4 aromatic rings. The molecular weight excluding hydrogens is 381 g/mol. The molecule has 0 radical (unpaired) electrons. The van der Waals surface area contributed by atoms with Crippen molar-refractivity contribution in [2.24, 2.45) is 0 Å². The van der Waals surface area contributed by atoms with Gasteiger partial charge in [0.15, 0.2) is 11.0 Å². The maximum Gasteiger partial charge on any atom is 0.196 e. The molecule has 0 N–H and O–H groups in total. The molecule has 0 saturated carbocycles. The summed E-state index contributed by atoms with van der Waals surface area (Å²) in [5.74, 6) is 1.14. The molecule has 0 spiro atoms. The quantitative estimate of drug-likeness (QED) is 0.387. The number of hydrogen-bond acceptors (Lipinski definition) is 3. The SMILES string of the molecule is Fc1ccc(-n2c(SCc3cccc(Cl)c3)nnc2-c2ccccc2)cc1. The van der Waals surface area contributed by atoms with Gasteiger partial charge in [-0.05, 0) is 42.0 Å². The molecule has 6 heteroatoms. The van der Waals surface area contributed by atoms with Crippen LogP contribution in [0, 0.1) is 5.82 Å². The summed E-state index contributed by atoms with van der Waals surface area (Å²) in [5.41, 5.74) is 2.86. The minimum absolute atomic E-state index is 0.277. The Morgan fingerprint density at radius 1 is 0.889 bits per heavy atom. The van der Waals surface area contributed by atoms with Gasteiger partial charge in [0, 0.05) is 22.0 Å². The summed E-state index contributed by atoms with van der Waals surface area (Å²) in [6, 6.07) is 23.9. The van der Waals surface area contributed by atoms with E-state index in [-0.39, 0.29) is 5.82 Å². The number of hydrogen-bond donors (Lipinski definition) is 0. The Hall–Kier alpha value is -2.63. The van der Waals surface area contributed by atoms with Gasteiger partial charge < -0.3 is 0 Å². The van der Waals surface area contributed by atoms with Gasteiger partial charge in [-0.1, -0.05) is 65.8 Å². The van der Waals surface area contributed by atoms with Gasteiger partial charge in [0.25, 0.3) is 0 Å². The summed E-state index contributed by atoms with van der Waals surface area (Å²) in [7, 11) is 0. The lowest BCUT2D eigenvalue weighted by molar-refractivity contribution is 0.627. The van der Waals surface area contributed by atoms with Crippen molar-refractivity contribution in [2.75, 3.05) is 0 Å². The summed E-state index contributed by atoms with van der Waals surface area (Å²) in [4.78, 5) is 0. The van der Waals surface area contributed by atoms with Crippen LogP contribution in [0.5, 0.6) is 0 Å². The highest BCUT2D eigenvalue weighted by Crippen LogP contribution is 2.30. The molecule has 0 aliphatic carbocycles. The van der Waals surface area contributed by atoms with Crippen molar-refractivity contribution in [2.45, 2.75) is 10.9 Å². The van der Waals surface area contributed by atoms with Crippen molar-refractivity contribution < 1.29 is 4.39 Å². The second kappa shape index (κ2) is 7.94. The first-order valence-corrected chi connectivity index (χ1v) is 9.71. The third-order valence-corrected chi connectivity index (χ3v) is 5.24. The molecule has 0 unspecified atom stereocenters. The zero-order valence-corrected chi connectivity index (χ0v) is 15.8. The molecule has 0 amide bonds. The monoisotopic (exact) mass is 395 g/mol. The van der Waals surface area contributed by atoms with Gasteiger partial charge in [0.05, 0.1) is 0 Å². The molecule has 0 atom stereocenters. The van der Waals surface area contributed by atoms with Crippen molar-refractivity contribution in [3.05, 3.63) is 95.3 Å². The van der Waals surface area contributed by atoms with Gasteiger partial charge >= 0.3 is 0 Å². The minimum atomic E-state index is -0.277. The number of halogens is 2. The van der Waals surface area contributed by atoms with Crippen LogP contribution in [-0.2, 0) is 5.75 Å². The minimum Gasteiger partial charge on any atom is -0.270 e. The second-order valence-electron chi connectivity index (χ2n) is 5.90.